The number of hydrogen-bond acceptors (Lipinski definition) is 3. The summed E-state index contributed by atoms with van der Waals surface area (Å²) in [5.74, 6) is -1.23. The molecule has 0 saturated heterocycles. The average molecular weight is 734 g/mol. The van der Waals surface area contributed by atoms with Crippen molar-refractivity contribution in [3.63, 3.8) is 0 Å². The molecule has 0 aliphatic carbocycles. The van der Waals surface area contributed by atoms with Gasteiger partial charge in [-0.15, -0.1) is 0 Å². The van der Waals surface area contributed by atoms with Gasteiger partial charge in [0, 0.05) is 38.4 Å². The molecule has 0 saturated carbocycles. The van der Waals surface area contributed by atoms with Crippen molar-refractivity contribution in [1.29, 1.82) is 0 Å². The van der Waals surface area contributed by atoms with Crippen molar-refractivity contribution in [1.82, 2.24) is 24.1 Å². The second-order valence-electron chi connectivity index (χ2n) is 12.7. The van der Waals surface area contributed by atoms with Crippen molar-refractivity contribution in [2.45, 2.75) is 0 Å². The lowest BCUT2D eigenvalue weighted by molar-refractivity contribution is 0.953. The predicted octanol–water partition coefficient (Wildman–Crippen LogP) is 12.7. The van der Waals surface area contributed by atoms with Gasteiger partial charge in [0.1, 0.15) is 0 Å². The summed E-state index contributed by atoms with van der Waals surface area (Å²) in [5.41, 5.74) is -0.0589. The van der Waals surface area contributed by atoms with Crippen molar-refractivity contribution in [3.05, 3.63) is 200 Å². The lowest BCUT2D eigenvalue weighted by atomic mass is 9.98. The summed E-state index contributed by atoms with van der Waals surface area (Å²) in [6, 6.07) is 14.6. The molecule has 5 heteroatoms. The summed E-state index contributed by atoms with van der Waals surface area (Å²) in [6.45, 7) is 0. The fourth-order valence-corrected chi connectivity index (χ4v) is 7.07. The lowest BCUT2D eigenvalue weighted by Gasteiger charge is -2.12. The van der Waals surface area contributed by atoms with Gasteiger partial charge in [-0.25, -0.2) is 4.98 Å². The van der Waals surface area contributed by atoms with Crippen LogP contribution in [0, 0.1) is 0 Å². The second kappa shape index (κ2) is 13.0. The quantitative estimate of drug-likeness (QED) is 0.171. The minimum absolute atomic E-state index is 0.208. The normalized spacial score (nSPS) is 16.1. The summed E-state index contributed by atoms with van der Waals surface area (Å²) in [7, 11) is 0. The molecule has 3 heterocycles. The zero-order valence-electron chi connectivity index (χ0n) is 46.9. The van der Waals surface area contributed by atoms with Gasteiger partial charge in [0.2, 0.25) is 5.95 Å². The standard InChI is InChI=1S/C51H33N5/c1-4-15-34(16-5-1)38-19-14-20-39(31-38)35-27-29-37(30-28-35)50-52-49(36-17-6-2-7-18-36)53-51(54-50)56-46-26-13-11-24-42(46)44-32-43-41-23-10-12-25-45(41)55(47(43)33-48(44)56)40-21-8-3-9-22-40/h1-33H/i1D,2D,4D,5D,6D,7D,14D,15D,16D,17D,18D,19D,20D,27D,28D,29D,30D,31D. The van der Waals surface area contributed by atoms with Crippen LogP contribution < -0.4 is 0 Å². The van der Waals surface area contributed by atoms with Crippen molar-refractivity contribution >= 4 is 43.6 Å². The van der Waals surface area contributed by atoms with Crippen LogP contribution in [0.2, 0.25) is 0 Å². The molecule has 8 aromatic carbocycles. The predicted molar refractivity (Wildman–Crippen MR) is 230 cm³/mol. The van der Waals surface area contributed by atoms with Crippen LogP contribution in [0.1, 0.15) is 24.7 Å². The molecule has 0 atom stereocenters. The molecule has 0 aliphatic heterocycles. The number of rotatable bonds is 6. The van der Waals surface area contributed by atoms with Crippen molar-refractivity contribution < 1.29 is 24.7 Å². The summed E-state index contributed by atoms with van der Waals surface area (Å²) in [4.78, 5) is 14.1. The first-order valence-electron chi connectivity index (χ1n) is 26.4. The van der Waals surface area contributed by atoms with Crippen molar-refractivity contribution in [2.75, 3.05) is 0 Å². The van der Waals surface area contributed by atoms with Crippen LogP contribution in [-0.4, -0.2) is 24.1 Å². The van der Waals surface area contributed by atoms with Gasteiger partial charge >= 0.3 is 0 Å². The molecule has 0 fully saturated rings. The van der Waals surface area contributed by atoms with E-state index in [0.717, 1.165) is 38.3 Å². The van der Waals surface area contributed by atoms with Gasteiger partial charge in [-0.2, -0.15) is 9.97 Å². The zero-order chi connectivity index (χ0) is 52.7. The maximum atomic E-state index is 9.48. The Kier molecular flexibility index (Phi) is 4.33. The van der Waals surface area contributed by atoms with Crippen LogP contribution in [0.15, 0.2) is 200 Å². The molecule has 0 N–H and O–H groups in total. The van der Waals surface area contributed by atoms with E-state index in [4.69, 9.17) is 27.8 Å². The van der Waals surface area contributed by atoms with E-state index >= 15 is 0 Å². The first-order valence-corrected chi connectivity index (χ1v) is 17.4. The van der Waals surface area contributed by atoms with E-state index in [1.807, 2.05) is 78.9 Å². The zero-order valence-corrected chi connectivity index (χ0v) is 28.9. The SMILES string of the molecule is [2H]c1c([2H])c([2H])c(-c2nc(-c3c([2H])c([2H])c(-c4c([2H])c([2H])c([2H])c(-c5c([2H])c([2H])c([2H])c([2H])c5[2H])c4[2H])c([2H])c3[2H])nc(-n3c4ccccc4c4cc5c6ccccc6n(-c6ccccc6)c5cc43)n2)c([2H])c1[2H]. The van der Waals surface area contributed by atoms with E-state index in [2.05, 4.69) is 9.55 Å². The van der Waals surface area contributed by atoms with E-state index in [9.17, 15) is 6.85 Å². The number of benzene rings is 8. The fourth-order valence-electron chi connectivity index (χ4n) is 7.07. The first-order chi connectivity index (χ1) is 35.3. The Hall–Kier alpha value is -7.63. The maximum absolute atomic E-state index is 9.48. The van der Waals surface area contributed by atoms with E-state index in [1.165, 1.54) is 0 Å². The van der Waals surface area contributed by atoms with Gasteiger partial charge in [0.15, 0.2) is 11.6 Å². The van der Waals surface area contributed by atoms with Gasteiger partial charge in [0.25, 0.3) is 0 Å². The number of nitrogens with zero attached hydrogens (tertiary/aromatic N) is 5. The topological polar surface area (TPSA) is 48.5 Å². The Morgan fingerprint density at radius 1 is 0.357 bits per heavy atom. The number of aromatic nitrogens is 5. The van der Waals surface area contributed by atoms with E-state index in [1.54, 1.807) is 16.7 Å². The maximum Gasteiger partial charge on any atom is 0.238 e. The Morgan fingerprint density at radius 3 is 1.48 bits per heavy atom. The third-order valence-corrected chi connectivity index (χ3v) is 9.50. The van der Waals surface area contributed by atoms with Crippen LogP contribution in [0.5, 0.6) is 0 Å². The third-order valence-electron chi connectivity index (χ3n) is 9.50. The molecule has 56 heavy (non-hydrogen) atoms. The molecular weight excluding hydrogens is 683 g/mol. The van der Waals surface area contributed by atoms with Crippen LogP contribution in [0.25, 0.3) is 100 Å². The molecule has 11 aromatic rings. The Balaban J connectivity index is 1.22. The van der Waals surface area contributed by atoms with Gasteiger partial charge in [0.05, 0.1) is 46.7 Å². The molecule has 262 valence electrons. The molecule has 0 bridgehead atoms. The number of para-hydroxylation sites is 3. The fraction of sp³-hybridized carbons (Fsp3) is 0. The van der Waals surface area contributed by atoms with Gasteiger partial charge in [-0.1, -0.05) is 157 Å². The monoisotopic (exact) mass is 733 g/mol. The molecule has 0 radical (unpaired) electrons. The Bertz CT molecular complexity index is 4220. The highest BCUT2D eigenvalue weighted by Crippen LogP contribution is 2.39. The lowest BCUT2D eigenvalue weighted by Crippen LogP contribution is -2.06. The summed E-state index contributed by atoms with van der Waals surface area (Å²) in [6.07, 6.45) is 0. The summed E-state index contributed by atoms with van der Waals surface area (Å²) < 4.78 is 162. The number of fused-ring (bicyclic) bond motifs is 6. The highest BCUT2D eigenvalue weighted by atomic mass is 15.2. The van der Waals surface area contributed by atoms with Crippen LogP contribution >= 0.6 is 0 Å². The molecule has 0 aliphatic rings. The third kappa shape index (κ3) is 5.29. The first kappa shape index (κ1) is 18.6. The van der Waals surface area contributed by atoms with Crippen LogP contribution in [-0.2, 0) is 0 Å². The van der Waals surface area contributed by atoms with Crippen LogP contribution in [0.3, 0.4) is 0 Å². The second-order valence-corrected chi connectivity index (χ2v) is 12.7. The van der Waals surface area contributed by atoms with Crippen LogP contribution in [0.4, 0.5) is 0 Å². The molecule has 0 spiro atoms. The van der Waals surface area contributed by atoms with Gasteiger partial charge in [-0.05, 0) is 64.7 Å². The van der Waals surface area contributed by atoms with Gasteiger partial charge in [-0.3, -0.25) is 4.57 Å². The summed E-state index contributed by atoms with van der Waals surface area (Å²) >= 11 is 0. The average Bonchev–Trinajstić information content (AvgIpc) is 3.91. The van der Waals surface area contributed by atoms with Gasteiger partial charge < -0.3 is 4.57 Å². The molecule has 11 rings (SSSR count). The minimum Gasteiger partial charge on any atom is -0.309 e. The summed E-state index contributed by atoms with van der Waals surface area (Å²) in [5, 5.41) is 3.38. The highest BCUT2D eigenvalue weighted by Gasteiger charge is 2.21. The molecule has 5 nitrogen and oxygen atoms in total. The number of hydrogen-bond donors (Lipinski definition) is 0. The minimum atomic E-state index is -0.892. The van der Waals surface area contributed by atoms with E-state index in [0.29, 0.717) is 11.0 Å². The molecule has 3 aromatic heterocycles. The Morgan fingerprint density at radius 2 is 0.839 bits per heavy atom. The van der Waals surface area contributed by atoms with Crippen molar-refractivity contribution in [3.8, 4) is 56.7 Å². The molecule has 0 amide bonds. The van der Waals surface area contributed by atoms with E-state index in [-0.39, 0.29) is 5.95 Å². The van der Waals surface area contributed by atoms with E-state index < -0.39 is 154 Å². The smallest absolute Gasteiger partial charge is 0.238 e. The highest BCUT2D eigenvalue weighted by molar-refractivity contribution is 6.19. The largest absolute Gasteiger partial charge is 0.309 e. The molecular formula is C51H33N5. The Labute approximate surface area is 348 Å². The molecule has 0 unspecified atom stereocenters. The van der Waals surface area contributed by atoms with Crippen molar-refractivity contribution in [2.24, 2.45) is 0 Å².